The quantitative estimate of drug-likeness (QED) is 0.923. The number of piperidine rings is 1. The maximum Gasteiger partial charge on any atom is 0.253 e. The third kappa shape index (κ3) is 3.48. The van der Waals surface area contributed by atoms with Crippen LogP contribution in [0.15, 0.2) is 18.2 Å². The molecule has 3 nitrogen and oxygen atoms in total. The van der Waals surface area contributed by atoms with E-state index >= 15 is 0 Å². The van der Waals surface area contributed by atoms with Crippen molar-refractivity contribution in [2.24, 2.45) is 5.92 Å². The Kier molecular flexibility index (Phi) is 4.83. The molecule has 1 N–H and O–H groups in total. The SMILES string of the molecule is CNCC1CCN(C(=O)c2ccc(Cl)c(C)c2)CC1. The summed E-state index contributed by atoms with van der Waals surface area (Å²) < 4.78 is 0. The lowest BCUT2D eigenvalue weighted by atomic mass is 9.96. The van der Waals surface area contributed by atoms with Gasteiger partial charge in [0, 0.05) is 23.7 Å². The molecule has 0 aromatic heterocycles. The molecule has 1 saturated heterocycles. The highest BCUT2D eigenvalue weighted by molar-refractivity contribution is 6.31. The number of carbonyl (C=O) groups is 1. The number of nitrogens with one attached hydrogen (secondary N) is 1. The Morgan fingerprint density at radius 2 is 2.11 bits per heavy atom. The highest BCUT2D eigenvalue weighted by Gasteiger charge is 2.23. The fourth-order valence-corrected chi connectivity index (χ4v) is 2.71. The van der Waals surface area contributed by atoms with Gasteiger partial charge >= 0.3 is 0 Å². The molecule has 2 rings (SSSR count). The van der Waals surface area contributed by atoms with Gasteiger partial charge < -0.3 is 10.2 Å². The minimum atomic E-state index is 0.127. The predicted octanol–water partition coefficient (Wildman–Crippen LogP) is 2.72. The number of carbonyl (C=O) groups excluding carboxylic acids is 1. The molecule has 1 fully saturated rings. The second-order valence-corrected chi connectivity index (χ2v) is 5.66. The van der Waals surface area contributed by atoms with Crippen LogP contribution in [0.1, 0.15) is 28.8 Å². The molecule has 1 aliphatic heterocycles. The van der Waals surface area contributed by atoms with Crippen molar-refractivity contribution < 1.29 is 4.79 Å². The van der Waals surface area contributed by atoms with Crippen LogP contribution in [-0.2, 0) is 0 Å². The third-order valence-corrected chi connectivity index (χ3v) is 4.22. The molecule has 0 bridgehead atoms. The van der Waals surface area contributed by atoms with Gasteiger partial charge in [0.25, 0.3) is 5.91 Å². The first-order valence-corrected chi connectivity index (χ1v) is 7.19. The third-order valence-electron chi connectivity index (χ3n) is 3.80. The molecule has 0 unspecified atom stereocenters. The number of rotatable bonds is 3. The Balaban J connectivity index is 1.99. The molecular formula is C15H21ClN2O. The predicted molar refractivity (Wildman–Crippen MR) is 78.7 cm³/mol. The second-order valence-electron chi connectivity index (χ2n) is 5.26. The van der Waals surface area contributed by atoms with Crippen molar-refractivity contribution in [2.75, 3.05) is 26.7 Å². The van der Waals surface area contributed by atoms with E-state index in [9.17, 15) is 4.79 Å². The Labute approximate surface area is 119 Å². The Morgan fingerprint density at radius 3 is 2.68 bits per heavy atom. The second kappa shape index (κ2) is 6.40. The normalized spacial score (nSPS) is 16.7. The van der Waals surface area contributed by atoms with Crippen molar-refractivity contribution >= 4 is 17.5 Å². The first-order chi connectivity index (χ1) is 9.11. The van der Waals surface area contributed by atoms with Crippen LogP contribution in [0.4, 0.5) is 0 Å². The number of hydrogen-bond donors (Lipinski definition) is 1. The first kappa shape index (κ1) is 14.4. The van der Waals surface area contributed by atoms with E-state index in [2.05, 4.69) is 5.32 Å². The molecule has 4 heteroatoms. The summed E-state index contributed by atoms with van der Waals surface area (Å²) in [7, 11) is 1.98. The number of hydrogen-bond acceptors (Lipinski definition) is 2. The largest absolute Gasteiger partial charge is 0.339 e. The summed E-state index contributed by atoms with van der Waals surface area (Å²) in [5.41, 5.74) is 1.70. The first-order valence-electron chi connectivity index (χ1n) is 6.82. The van der Waals surface area contributed by atoms with Crippen LogP contribution >= 0.6 is 11.6 Å². The smallest absolute Gasteiger partial charge is 0.253 e. The fourth-order valence-electron chi connectivity index (χ4n) is 2.59. The van der Waals surface area contributed by atoms with Crippen LogP contribution in [0.2, 0.25) is 5.02 Å². The molecule has 0 spiro atoms. The van der Waals surface area contributed by atoms with Crippen molar-refractivity contribution in [1.82, 2.24) is 10.2 Å². The van der Waals surface area contributed by atoms with E-state index in [1.54, 1.807) is 6.07 Å². The van der Waals surface area contributed by atoms with Crippen LogP contribution in [0.5, 0.6) is 0 Å². The van der Waals surface area contributed by atoms with Crippen molar-refractivity contribution in [3.63, 3.8) is 0 Å². The van der Waals surface area contributed by atoms with Gasteiger partial charge in [-0.15, -0.1) is 0 Å². The van der Waals surface area contributed by atoms with Gasteiger partial charge in [0.2, 0.25) is 0 Å². The van der Waals surface area contributed by atoms with Crippen LogP contribution < -0.4 is 5.32 Å². The number of benzene rings is 1. The van der Waals surface area contributed by atoms with E-state index in [0.29, 0.717) is 10.9 Å². The van der Waals surface area contributed by atoms with E-state index in [-0.39, 0.29) is 5.91 Å². The lowest BCUT2D eigenvalue weighted by Crippen LogP contribution is -2.40. The van der Waals surface area contributed by atoms with Gasteiger partial charge in [-0.3, -0.25) is 4.79 Å². The summed E-state index contributed by atoms with van der Waals surface area (Å²) in [4.78, 5) is 14.3. The molecule has 0 atom stereocenters. The number of likely N-dealkylation sites (tertiary alicyclic amines) is 1. The van der Waals surface area contributed by atoms with Gasteiger partial charge in [-0.1, -0.05) is 11.6 Å². The van der Waals surface area contributed by atoms with Gasteiger partial charge in [-0.25, -0.2) is 0 Å². The molecule has 0 aliphatic carbocycles. The standard InChI is InChI=1S/C15H21ClN2O/c1-11-9-13(3-4-14(11)16)15(19)18-7-5-12(6-8-18)10-17-2/h3-4,9,12,17H,5-8,10H2,1-2H3. The summed E-state index contributed by atoms with van der Waals surface area (Å²) in [6.45, 7) is 4.68. The highest BCUT2D eigenvalue weighted by atomic mass is 35.5. The van der Waals surface area contributed by atoms with Gasteiger partial charge in [0.05, 0.1) is 0 Å². The summed E-state index contributed by atoms with van der Waals surface area (Å²) in [6, 6.07) is 5.50. The zero-order valence-corrected chi connectivity index (χ0v) is 12.3. The van der Waals surface area contributed by atoms with E-state index in [4.69, 9.17) is 11.6 Å². The van der Waals surface area contributed by atoms with Gasteiger partial charge in [0.1, 0.15) is 0 Å². The number of halogens is 1. The van der Waals surface area contributed by atoms with Crippen LogP contribution in [0.3, 0.4) is 0 Å². The average Bonchev–Trinajstić information content (AvgIpc) is 2.42. The molecule has 1 aromatic rings. The maximum absolute atomic E-state index is 12.4. The molecule has 19 heavy (non-hydrogen) atoms. The molecule has 104 valence electrons. The zero-order valence-electron chi connectivity index (χ0n) is 11.6. The van der Waals surface area contributed by atoms with Crippen LogP contribution in [-0.4, -0.2) is 37.5 Å². The van der Waals surface area contributed by atoms with Crippen LogP contribution in [0.25, 0.3) is 0 Å². The fraction of sp³-hybridized carbons (Fsp3) is 0.533. The molecule has 1 amide bonds. The number of aryl methyl sites for hydroxylation is 1. The Morgan fingerprint density at radius 1 is 1.42 bits per heavy atom. The maximum atomic E-state index is 12.4. The monoisotopic (exact) mass is 280 g/mol. The molecule has 0 radical (unpaired) electrons. The zero-order chi connectivity index (χ0) is 13.8. The Hall–Kier alpha value is -1.06. The van der Waals surface area contributed by atoms with Crippen molar-refractivity contribution in [3.05, 3.63) is 34.3 Å². The van der Waals surface area contributed by atoms with Crippen molar-refractivity contribution in [3.8, 4) is 0 Å². The van der Waals surface area contributed by atoms with Crippen LogP contribution in [0, 0.1) is 12.8 Å². The Bertz CT molecular complexity index is 453. The van der Waals surface area contributed by atoms with Crippen molar-refractivity contribution in [2.45, 2.75) is 19.8 Å². The molecule has 1 aliphatic rings. The number of nitrogens with zero attached hydrogens (tertiary/aromatic N) is 1. The molecule has 1 heterocycles. The summed E-state index contributed by atoms with van der Waals surface area (Å²) >= 11 is 5.99. The van der Waals surface area contributed by atoms with E-state index in [1.807, 2.05) is 31.0 Å². The van der Waals surface area contributed by atoms with Crippen molar-refractivity contribution in [1.29, 1.82) is 0 Å². The van der Waals surface area contributed by atoms with E-state index in [0.717, 1.165) is 43.6 Å². The highest BCUT2D eigenvalue weighted by Crippen LogP contribution is 2.21. The minimum Gasteiger partial charge on any atom is -0.339 e. The van der Waals surface area contributed by atoms with Gasteiger partial charge in [0.15, 0.2) is 0 Å². The molecular weight excluding hydrogens is 260 g/mol. The lowest BCUT2D eigenvalue weighted by molar-refractivity contribution is 0.0691. The average molecular weight is 281 g/mol. The summed E-state index contributed by atoms with van der Waals surface area (Å²) in [5.74, 6) is 0.823. The molecule has 0 saturated carbocycles. The van der Waals surface area contributed by atoms with Gasteiger partial charge in [-0.2, -0.15) is 0 Å². The number of amides is 1. The van der Waals surface area contributed by atoms with E-state index < -0.39 is 0 Å². The van der Waals surface area contributed by atoms with Gasteiger partial charge in [-0.05, 0) is 63.0 Å². The summed E-state index contributed by atoms with van der Waals surface area (Å²) in [6.07, 6.45) is 2.16. The minimum absolute atomic E-state index is 0.127. The lowest BCUT2D eigenvalue weighted by Gasteiger charge is -2.32. The topological polar surface area (TPSA) is 32.3 Å². The molecule has 1 aromatic carbocycles. The van der Waals surface area contributed by atoms with E-state index in [1.165, 1.54) is 0 Å². The summed E-state index contributed by atoms with van der Waals surface area (Å²) in [5, 5.41) is 3.92.